The fourth-order valence-electron chi connectivity index (χ4n) is 1.94. The number of carbonyl (C=O) groups excluding carboxylic acids is 1. The van der Waals surface area contributed by atoms with Gasteiger partial charge in [0, 0.05) is 6.07 Å². The van der Waals surface area contributed by atoms with E-state index < -0.39 is 10.8 Å². The Bertz CT molecular complexity index is 633. The molecule has 1 amide bonds. The molecule has 2 aromatic carbocycles. The maximum Gasteiger partial charge on any atom is 0.312 e. The number of ether oxygens (including phenoxy) is 1. The maximum absolute atomic E-state index is 11.5. The lowest BCUT2D eigenvalue weighted by atomic mass is 10.0. The van der Waals surface area contributed by atoms with Gasteiger partial charge < -0.3 is 10.5 Å². The quantitative estimate of drug-likeness (QED) is 0.682. The molecular weight excluding hydrogens is 260 g/mol. The molecule has 6 nitrogen and oxygen atoms in total. The number of nitrogens with two attached hydrogens (primary N) is 1. The Hall–Kier alpha value is -2.89. The van der Waals surface area contributed by atoms with Gasteiger partial charge in [-0.3, -0.25) is 14.9 Å². The second-order valence-corrected chi connectivity index (χ2v) is 4.06. The van der Waals surface area contributed by atoms with E-state index in [0.29, 0.717) is 5.56 Å². The molecule has 0 aliphatic rings. The maximum atomic E-state index is 11.5. The van der Waals surface area contributed by atoms with Crippen LogP contribution in [0.15, 0.2) is 42.5 Å². The number of nitro benzene ring substituents is 1. The van der Waals surface area contributed by atoms with Crippen LogP contribution < -0.4 is 10.5 Å². The van der Waals surface area contributed by atoms with Gasteiger partial charge in [-0.05, 0) is 17.2 Å². The van der Waals surface area contributed by atoms with Gasteiger partial charge in [-0.2, -0.15) is 0 Å². The predicted molar refractivity (Wildman–Crippen MR) is 73.6 cm³/mol. The Labute approximate surface area is 114 Å². The third kappa shape index (κ3) is 2.44. The van der Waals surface area contributed by atoms with Crippen molar-refractivity contribution >= 4 is 11.6 Å². The summed E-state index contributed by atoms with van der Waals surface area (Å²) < 4.78 is 4.95. The van der Waals surface area contributed by atoms with Crippen molar-refractivity contribution in [2.75, 3.05) is 7.11 Å². The molecule has 0 spiro atoms. The number of rotatable bonds is 4. The highest BCUT2D eigenvalue weighted by atomic mass is 16.6. The zero-order valence-electron chi connectivity index (χ0n) is 10.7. The van der Waals surface area contributed by atoms with Crippen molar-refractivity contribution in [3.05, 3.63) is 58.1 Å². The standard InChI is InChI=1S/C14H12N2O4/c1-20-13-11(14(15)17)7-10(8-12(13)16(18)19)9-5-3-2-4-6-9/h2-8H,1H3,(H2,15,17). The smallest absolute Gasteiger partial charge is 0.312 e. The molecule has 20 heavy (non-hydrogen) atoms. The van der Waals surface area contributed by atoms with E-state index in [1.165, 1.54) is 19.2 Å². The third-order valence-electron chi connectivity index (χ3n) is 2.84. The number of primary amides is 1. The van der Waals surface area contributed by atoms with Crippen molar-refractivity contribution in [3.63, 3.8) is 0 Å². The van der Waals surface area contributed by atoms with Crippen LogP contribution in [0.3, 0.4) is 0 Å². The van der Waals surface area contributed by atoms with Crippen molar-refractivity contribution in [2.24, 2.45) is 5.73 Å². The van der Waals surface area contributed by atoms with Crippen molar-refractivity contribution < 1.29 is 14.5 Å². The SMILES string of the molecule is COc1c(C(N)=O)cc(-c2ccccc2)cc1[N+](=O)[O-]. The Morgan fingerprint density at radius 3 is 2.35 bits per heavy atom. The van der Waals surface area contributed by atoms with E-state index in [1.54, 1.807) is 24.3 Å². The molecule has 0 aliphatic carbocycles. The summed E-state index contributed by atoms with van der Waals surface area (Å²) in [7, 11) is 1.26. The molecule has 0 atom stereocenters. The minimum absolute atomic E-state index is 0.0134. The lowest BCUT2D eigenvalue weighted by molar-refractivity contribution is -0.385. The topological polar surface area (TPSA) is 95.5 Å². The molecule has 0 heterocycles. The monoisotopic (exact) mass is 272 g/mol. The number of hydrogen-bond donors (Lipinski definition) is 1. The number of methoxy groups -OCH3 is 1. The fourth-order valence-corrected chi connectivity index (χ4v) is 1.94. The lowest BCUT2D eigenvalue weighted by Gasteiger charge is -2.09. The van der Waals surface area contributed by atoms with Gasteiger partial charge in [-0.1, -0.05) is 30.3 Å². The largest absolute Gasteiger partial charge is 0.490 e. The molecule has 0 bridgehead atoms. The molecule has 0 fully saturated rings. The number of nitro groups is 1. The van der Waals surface area contributed by atoms with Crippen LogP contribution in [0.1, 0.15) is 10.4 Å². The van der Waals surface area contributed by atoms with Gasteiger partial charge in [-0.25, -0.2) is 0 Å². The van der Waals surface area contributed by atoms with Gasteiger partial charge in [-0.15, -0.1) is 0 Å². The van der Waals surface area contributed by atoms with Gasteiger partial charge in [0.15, 0.2) is 0 Å². The Morgan fingerprint density at radius 2 is 1.85 bits per heavy atom. The fraction of sp³-hybridized carbons (Fsp3) is 0.0714. The molecule has 102 valence electrons. The average molecular weight is 272 g/mol. The first kappa shape index (κ1) is 13.5. The van der Waals surface area contributed by atoms with E-state index in [0.717, 1.165) is 5.56 Å². The number of carbonyl (C=O) groups is 1. The van der Waals surface area contributed by atoms with Gasteiger partial charge in [0.2, 0.25) is 5.75 Å². The minimum atomic E-state index is -0.775. The van der Waals surface area contributed by atoms with E-state index in [9.17, 15) is 14.9 Å². The second kappa shape index (κ2) is 5.40. The van der Waals surface area contributed by atoms with E-state index in [-0.39, 0.29) is 17.0 Å². The molecule has 0 aromatic heterocycles. The summed E-state index contributed by atoms with van der Waals surface area (Å²) in [5.74, 6) is -0.898. The molecule has 0 saturated heterocycles. The summed E-state index contributed by atoms with van der Waals surface area (Å²) >= 11 is 0. The normalized spacial score (nSPS) is 10.1. The van der Waals surface area contributed by atoms with Crippen LogP contribution in [0.2, 0.25) is 0 Å². The highest BCUT2D eigenvalue weighted by molar-refractivity contribution is 5.98. The van der Waals surface area contributed by atoms with Crippen LogP contribution in [0.5, 0.6) is 5.75 Å². The van der Waals surface area contributed by atoms with Crippen molar-refractivity contribution in [1.29, 1.82) is 0 Å². The molecule has 0 aliphatic heterocycles. The van der Waals surface area contributed by atoms with Crippen LogP contribution in [0, 0.1) is 10.1 Å². The van der Waals surface area contributed by atoms with Crippen molar-refractivity contribution in [2.45, 2.75) is 0 Å². The summed E-state index contributed by atoms with van der Waals surface area (Å²) in [6.45, 7) is 0. The molecule has 2 N–H and O–H groups in total. The first-order valence-electron chi connectivity index (χ1n) is 5.76. The molecule has 0 radical (unpaired) electrons. The lowest BCUT2D eigenvalue weighted by Crippen LogP contribution is -2.13. The van der Waals surface area contributed by atoms with E-state index in [4.69, 9.17) is 10.5 Å². The zero-order chi connectivity index (χ0) is 14.7. The van der Waals surface area contributed by atoms with Crippen LogP contribution in [0.25, 0.3) is 11.1 Å². The first-order valence-corrected chi connectivity index (χ1v) is 5.76. The average Bonchev–Trinajstić information content (AvgIpc) is 2.46. The Morgan fingerprint density at radius 1 is 1.20 bits per heavy atom. The van der Waals surface area contributed by atoms with E-state index >= 15 is 0 Å². The van der Waals surface area contributed by atoms with Gasteiger partial charge in [0.05, 0.1) is 17.6 Å². The van der Waals surface area contributed by atoms with Crippen LogP contribution >= 0.6 is 0 Å². The summed E-state index contributed by atoms with van der Waals surface area (Å²) in [6, 6.07) is 11.9. The van der Waals surface area contributed by atoms with Gasteiger partial charge >= 0.3 is 5.69 Å². The van der Waals surface area contributed by atoms with E-state index in [2.05, 4.69) is 0 Å². The van der Waals surface area contributed by atoms with Crippen molar-refractivity contribution in [3.8, 4) is 16.9 Å². The van der Waals surface area contributed by atoms with Gasteiger partial charge in [0.25, 0.3) is 5.91 Å². The molecule has 0 saturated carbocycles. The van der Waals surface area contributed by atoms with Crippen LogP contribution in [0.4, 0.5) is 5.69 Å². The summed E-state index contributed by atoms with van der Waals surface area (Å²) in [6.07, 6.45) is 0. The summed E-state index contributed by atoms with van der Waals surface area (Å²) in [5, 5.41) is 11.1. The molecule has 0 unspecified atom stereocenters. The molecule has 6 heteroatoms. The van der Waals surface area contributed by atoms with Crippen LogP contribution in [-0.2, 0) is 0 Å². The molecule has 2 aromatic rings. The van der Waals surface area contributed by atoms with E-state index in [1.807, 2.05) is 6.07 Å². The summed E-state index contributed by atoms with van der Waals surface area (Å²) in [4.78, 5) is 22.0. The Balaban J connectivity index is 2.73. The first-order chi connectivity index (χ1) is 9.54. The predicted octanol–water partition coefficient (Wildman–Crippen LogP) is 2.37. The van der Waals surface area contributed by atoms with Crippen molar-refractivity contribution in [1.82, 2.24) is 0 Å². The zero-order valence-corrected chi connectivity index (χ0v) is 10.7. The highest BCUT2D eigenvalue weighted by Gasteiger charge is 2.23. The Kier molecular flexibility index (Phi) is 3.65. The third-order valence-corrected chi connectivity index (χ3v) is 2.84. The minimum Gasteiger partial charge on any atom is -0.490 e. The number of benzene rings is 2. The number of amides is 1. The number of nitrogens with zero attached hydrogens (tertiary/aromatic N) is 1. The van der Waals surface area contributed by atoms with Gasteiger partial charge in [0.1, 0.15) is 0 Å². The molecule has 2 rings (SSSR count). The summed E-state index contributed by atoms with van der Waals surface area (Å²) in [5.41, 5.74) is 6.25. The van der Waals surface area contributed by atoms with Crippen LogP contribution in [-0.4, -0.2) is 17.9 Å². The second-order valence-electron chi connectivity index (χ2n) is 4.06. The number of hydrogen-bond acceptors (Lipinski definition) is 4. The highest BCUT2D eigenvalue weighted by Crippen LogP contribution is 2.35. The molecular formula is C14H12N2O4.